The first-order valence-electron chi connectivity index (χ1n) is 6.83. The molecule has 7 heteroatoms. The monoisotopic (exact) mass is 307 g/mol. The molecule has 6 nitrogen and oxygen atoms in total. The molecule has 110 valence electrons. The maximum absolute atomic E-state index is 11.3. The second kappa shape index (κ2) is 5.81. The molecular formula is C14H14ClN3O3. The van der Waals surface area contributed by atoms with Gasteiger partial charge in [-0.05, 0) is 25.0 Å². The molecule has 2 aromatic rings. The summed E-state index contributed by atoms with van der Waals surface area (Å²) in [5.74, 6) is -0.732. The van der Waals surface area contributed by atoms with Crippen molar-refractivity contribution in [3.05, 3.63) is 29.2 Å². The Hall–Kier alpha value is -1.95. The van der Waals surface area contributed by atoms with Gasteiger partial charge in [0.1, 0.15) is 5.69 Å². The number of halogens is 1. The number of rotatable bonds is 3. The van der Waals surface area contributed by atoms with Crippen LogP contribution in [-0.2, 0) is 4.79 Å². The first-order chi connectivity index (χ1) is 10.1. The highest BCUT2D eigenvalue weighted by Gasteiger charge is 2.35. The Morgan fingerprint density at radius 3 is 2.86 bits per heavy atom. The van der Waals surface area contributed by atoms with E-state index >= 15 is 0 Å². The molecule has 21 heavy (non-hydrogen) atoms. The van der Waals surface area contributed by atoms with Crippen molar-refractivity contribution in [2.45, 2.75) is 31.6 Å². The van der Waals surface area contributed by atoms with Crippen LogP contribution in [0.4, 0.5) is 0 Å². The van der Waals surface area contributed by atoms with Crippen LogP contribution in [0, 0.1) is 5.92 Å². The van der Waals surface area contributed by atoms with Gasteiger partial charge in [0.05, 0.1) is 16.9 Å². The van der Waals surface area contributed by atoms with Crippen molar-refractivity contribution < 1.29 is 14.4 Å². The molecule has 1 N–H and O–H groups in total. The van der Waals surface area contributed by atoms with Crippen LogP contribution in [-0.4, -0.2) is 26.2 Å². The van der Waals surface area contributed by atoms with E-state index in [1.807, 2.05) is 0 Å². The van der Waals surface area contributed by atoms with Crippen LogP contribution in [0.5, 0.6) is 0 Å². The minimum atomic E-state index is -0.802. The Bertz CT molecular complexity index is 641. The van der Waals surface area contributed by atoms with E-state index in [1.165, 1.54) is 6.20 Å². The Balaban J connectivity index is 1.86. The highest BCUT2D eigenvalue weighted by atomic mass is 35.5. The van der Waals surface area contributed by atoms with Crippen LogP contribution < -0.4 is 0 Å². The highest BCUT2D eigenvalue weighted by molar-refractivity contribution is 6.30. The molecule has 0 bridgehead atoms. The fourth-order valence-corrected chi connectivity index (χ4v) is 2.83. The van der Waals surface area contributed by atoms with E-state index in [2.05, 4.69) is 15.1 Å². The van der Waals surface area contributed by atoms with Crippen molar-refractivity contribution >= 4 is 17.6 Å². The van der Waals surface area contributed by atoms with Crippen molar-refractivity contribution in [3.63, 3.8) is 0 Å². The summed E-state index contributed by atoms with van der Waals surface area (Å²) in [4.78, 5) is 19.8. The SMILES string of the molecule is O=C(O)C1CCCCC1c1nc(-c2ccc(Cl)cn2)no1. The van der Waals surface area contributed by atoms with Crippen molar-refractivity contribution in [2.75, 3.05) is 0 Å². The van der Waals surface area contributed by atoms with E-state index in [0.717, 1.165) is 19.3 Å². The fourth-order valence-electron chi connectivity index (χ4n) is 2.72. The van der Waals surface area contributed by atoms with Gasteiger partial charge in [-0.25, -0.2) is 0 Å². The number of hydrogen-bond acceptors (Lipinski definition) is 5. The Kier molecular flexibility index (Phi) is 3.88. The molecule has 2 aromatic heterocycles. The third-order valence-corrected chi connectivity index (χ3v) is 4.02. The minimum Gasteiger partial charge on any atom is -0.481 e. The molecule has 0 amide bonds. The summed E-state index contributed by atoms with van der Waals surface area (Å²) in [6, 6.07) is 3.40. The lowest BCUT2D eigenvalue weighted by Gasteiger charge is -2.25. The number of carboxylic acid groups (broad SMARTS) is 1. The zero-order valence-corrected chi connectivity index (χ0v) is 12.0. The lowest BCUT2D eigenvalue weighted by atomic mass is 9.79. The summed E-state index contributed by atoms with van der Waals surface area (Å²) < 4.78 is 5.27. The molecule has 1 aliphatic rings. The first kappa shape index (κ1) is 14.0. The van der Waals surface area contributed by atoms with Crippen LogP contribution in [0.15, 0.2) is 22.9 Å². The van der Waals surface area contributed by atoms with Crippen LogP contribution in [0.1, 0.15) is 37.5 Å². The molecule has 3 rings (SSSR count). The first-order valence-corrected chi connectivity index (χ1v) is 7.21. The largest absolute Gasteiger partial charge is 0.481 e. The molecule has 2 unspecified atom stereocenters. The molecule has 0 aromatic carbocycles. The van der Waals surface area contributed by atoms with Crippen molar-refractivity contribution in [1.82, 2.24) is 15.1 Å². The van der Waals surface area contributed by atoms with Gasteiger partial charge in [-0.1, -0.05) is 29.6 Å². The summed E-state index contributed by atoms with van der Waals surface area (Å²) in [6.45, 7) is 0. The van der Waals surface area contributed by atoms with E-state index in [9.17, 15) is 9.90 Å². The van der Waals surface area contributed by atoms with Gasteiger partial charge in [-0.2, -0.15) is 4.98 Å². The molecule has 0 radical (unpaired) electrons. The smallest absolute Gasteiger partial charge is 0.307 e. The molecule has 1 saturated carbocycles. The Labute approximate surface area is 126 Å². The number of pyridine rings is 1. The molecule has 0 aliphatic heterocycles. The van der Waals surface area contributed by atoms with E-state index in [0.29, 0.717) is 28.9 Å². The number of aliphatic carboxylic acids is 1. The predicted molar refractivity (Wildman–Crippen MR) is 74.9 cm³/mol. The van der Waals surface area contributed by atoms with Crippen LogP contribution in [0.3, 0.4) is 0 Å². The van der Waals surface area contributed by atoms with Crippen LogP contribution >= 0.6 is 11.6 Å². The zero-order valence-electron chi connectivity index (χ0n) is 11.2. The summed E-state index contributed by atoms with van der Waals surface area (Å²) in [7, 11) is 0. The molecule has 0 saturated heterocycles. The summed E-state index contributed by atoms with van der Waals surface area (Å²) in [5, 5.41) is 13.7. The zero-order chi connectivity index (χ0) is 14.8. The maximum atomic E-state index is 11.3. The Morgan fingerprint density at radius 1 is 1.33 bits per heavy atom. The van der Waals surface area contributed by atoms with E-state index < -0.39 is 11.9 Å². The second-order valence-corrected chi connectivity index (χ2v) is 5.59. The second-order valence-electron chi connectivity index (χ2n) is 5.15. The minimum absolute atomic E-state index is 0.218. The van der Waals surface area contributed by atoms with Crippen LogP contribution in [0.25, 0.3) is 11.5 Å². The standard InChI is InChI=1S/C14H14ClN3O3/c15-8-5-6-11(16-7-8)12-17-13(21-18-12)9-3-1-2-4-10(9)14(19)20/h5-7,9-10H,1-4H2,(H,19,20). The number of carbonyl (C=O) groups is 1. The third-order valence-electron chi connectivity index (χ3n) is 3.80. The molecule has 1 fully saturated rings. The van der Waals surface area contributed by atoms with Gasteiger partial charge >= 0.3 is 5.97 Å². The Morgan fingerprint density at radius 2 is 2.14 bits per heavy atom. The molecule has 1 aliphatic carbocycles. The summed E-state index contributed by atoms with van der Waals surface area (Å²) in [5.41, 5.74) is 0.553. The number of aromatic nitrogens is 3. The highest BCUT2D eigenvalue weighted by Crippen LogP contribution is 2.37. The number of carboxylic acids is 1. The van der Waals surface area contributed by atoms with E-state index in [1.54, 1.807) is 12.1 Å². The van der Waals surface area contributed by atoms with Gasteiger partial charge in [0.2, 0.25) is 11.7 Å². The normalized spacial score (nSPS) is 22.1. The predicted octanol–water partition coefficient (Wildman–Crippen LogP) is 3.14. The average Bonchev–Trinajstić information content (AvgIpc) is 2.97. The molecule has 0 spiro atoms. The van der Waals surface area contributed by atoms with Crippen molar-refractivity contribution in [3.8, 4) is 11.5 Å². The number of nitrogens with zero attached hydrogens (tertiary/aromatic N) is 3. The maximum Gasteiger partial charge on any atom is 0.307 e. The van der Waals surface area contributed by atoms with E-state index in [4.69, 9.17) is 16.1 Å². The molecule has 2 atom stereocenters. The fraction of sp³-hybridized carbons (Fsp3) is 0.429. The topological polar surface area (TPSA) is 89.1 Å². The lowest BCUT2D eigenvalue weighted by Crippen LogP contribution is -2.25. The number of hydrogen-bond donors (Lipinski definition) is 1. The quantitative estimate of drug-likeness (QED) is 0.937. The molecule has 2 heterocycles. The van der Waals surface area contributed by atoms with Gasteiger partial charge in [0.25, 0.3) is 0 Å². The summed E-state index contributed by atoms with van der Waals surface area (Å²) in [6.07, 6.45) is 4.82. The van der Waals surface area contributed by atoms with Gasteiger partial charge in [-0.3, -0.25) is 9.78 Å². The van der Waals surface area contributed by atoms with Gasteiger partial charge in [-0.15, -0.1) is 0 Å². The lowest BCUT2D eigenvalue weighted by molar-refractivity contribution is -0.143. The molecular weight excluding hydrogens is 294 g/mol. The average molecular weight is 308 g/mol. The van der Waals surface area contributed by atoms with Gasteiger partial charge in [0, 0.05) is 6.20 Å². The van der Waals surface area contributed by atoms with Crippen molar-refractivity contribution in [1.29, 1.82) is 0 Å². The van der Waals surface area contributed by atoms with Gasteiger partial charge in [0.15, 0.2) is 0 Å². The summed E-state index contributed by atoms with van der Waals surface area (Å²) >= 11 is 5.79. The van der Waals surface area contributed by atoms with E-state index in [-0.39, 0.29) is 5.92 Å². The van der Waals surface area contributed by atoms with Crippen molar-refractivity contribution in [2.24, 2.45) is 5.92 Å². The third kappa shape index (κ3) is 2.90. The van der Waals surface area contributed by atoms with Gasteiger partial charge < -0.3 is 9.63 Å². The van der Waals surface area contributed by atoms with Crippen LogP contribution in [0.2, 0.25) is 5.02 Å².